The number of hydrogen-bond donors (Lipinski definition) is 1. The monoisotopic (exact) mass is 438 g/mol. The Hall–Kier alpha value is -2.27. The first-order chi connectivity index (χ1) is 13.8. The third-order valence-corrected chi connectivity index (χ3v) is 7.99. The Balaban J connectivity index is 1.36. The second kappa shape index (κ2) is 7.86. The summed E-state index contributed by atoms with van der Waals surface area (Å²) in [5.41, 5.74) is 0.632. The number of thioether (sulfide) groups is 1. The van der Waals surface area contributed by atoms with E-state index >= 15 is 0 Å². The smallest absolute Gasteiger partial charge is 0.237 e. The van der Waals surface area contributed by atoms with Crippen molar-refractivity contribution >= 4 is 33.2 Å². The molecule has 2 aromatic rings. The van der Waals surface area contributed by atoms with Crippen LogP contribution in [0.5, 0.6) is 11.5 Å². The normalized spacial score (nSPS) is 20.6. The van der Waals surface area contributed by atoms with E-state index in [4.69, 9.17) is 9.47 Å². The van der Waals surface area contributed by atoms with Crippen LogP contribution in [0.25, 0.3) is 0 Å². The number of fused-ring (bicyclic) bond motifs is 1. The first-order valence-corrected chi connectivity index (χ1v) is 12.0. The molecule has 156 valence electrons. The molecule has 2 atom stereocenters. The van der Waals surface area contributed by atoms with Crippen LogP contribution in [0.4, 0.5) is 5.69 Å². The summed E-state index contributed by atoms with van der Waals surface area (Å²) >= 11 is 1.30. The van der Waals surface area contributed by atoms with E-state index in [2.05, 4.69) is 15.5 Å². The molecule has 0 aliphatic carbocycles. The highest BCUT2D eigenvalue weighted by molar-refractivity contribution is 8.00. The molecule has 1 aromatic carbocycles. The molecule has 2 aliphatic heterocycles. The Morgan fingerprint density at radius 3 is 2.90 bits per heavy atom. The van der Waals surface area contributed by atoms with Crippen LogP contribution in [0, 0.1) is 5.92 Å². The summed E-state index contributed by atoms with van der Waals surface area (Å²) in [4.78, 5) is 12.6. The minimum Gasteiger partial charge on any atom is -0.454 e. The van der Waals surface area contributed by atoms with Crippen molar-refractivity contribution in [2.75, 3.05) is 23.6 Å². The van der Waals surface area contributed by atoms with Gasteiger partial charge in [-0.1, -0.05) is 11.8 Å². The number of carbonyl (C=O) groups is 1. The molecule has 0 unspecified atom stereocenters. The highest BCUT2D eigenvalue weighted by atomic mass is 32.2. The number of carbonyl (C=O) groups excluding carboxylic acids is 1. The maximum Gasteiger partial charge on any atom is 0.237 e. The fourth-order valence-corrected chi connectivity index (χ4v) is 6.04. The van der Waals surface area contributed by atoms with Gasteiger partial charge in [0.1, 0.15) is 5.82 Å². The minimum atomic E-state index is -2.92. The van der Waals surface area contributed by atoms with Gasteiger partial charge < -0.3 is 19.4 Å². The molecule has 29 heavy (non-hydrogen) atoms. The van der Waals surface area contributed by atoms with Gasteiger partial charge >= 0.3 is 0 Å². The summed E-state index contributed by atoms with van der Waals surface area (Å²) in [6, 6.07) is 5.25. The van der Waals surface area contributed by atoms with Crippen LogP contribution in [0.2, 0.25) is 0 Å². The number of sulfone groups is 1. The maximum atomic E-state index is 12.6. The number of aromatic nitrogens is 3. The van der Waals surface area contributed by atoms with Crippen molar-refractivity contribution in [3.05, 3.63) is 24.0 Å². The standard InChI is InChI=1S/C18H22N4O5S2/c1-11(17(23)19-13-3-4-14-15(8-13)27-10-26-14)28-18-21-20-16(22(18)2)7-12-5-6-29(24,25)9-12/h3-4,8,11-12H,5-7,9-10H2,1-2H3,(H,19,23)/t11-,12+/m1/s1. The van der Waals surface area contributed by atoms with E-state index in [1.165, 1.54) is 11.8 Å². The summed E-state index contributed by atoms with van der Waals surface area (Å²) in [6.07, 6.45) is 1.23. The van der Waals surface area contributed by atoms with Crippen molar-refractivity contribution < 1.29 is 22.7 Å². The number of amides is 1. The molecule has 1 N–H and O–H groups in total. The lowest BCUT2D eigenvalue weighted by Gasteiger charge is -2.12. The van der Waals surface area contributed by atoms with Gasteiger partial charge in [-0.25, -0.2) is 8.42 Å². The van der Waals surface area contributed by atoms with Crippen molar-refractivity contribution in [1.82, 2.24) is 14.8 Å². The molecule has 0 bridgehead atoms. The van der Waals surface area contributed by atoms with E-state index in [9.17, 15) is 13.2 Å². The number of hydrogen-bond acceptors (Lipinski definition) is 8. The molecule has 4 rings (SSSR count). The molecule has 0 saturated carbocycles. The molecule has 0 radical (unpaired) electrons. The van der Waals surface area contributed by atoms with Crippen LogP contribution in [-0.4, -0.2) is 52.6 Å². The summed E-state index contributed by atoms with van der Waals surface area (Å²) in [7, 11) is -1.08. The van der Waals surface area contributed by atoms with Crippen molar-refractivity contribution in [2.45, 2.75) is 30.2 Å². The van der Waals surface area contributed by atoms with Crippen LogP contribution < -0.4 is 14.8 Å². The molecule has 1 fully saturated rings. The second-order valence-electron chi connectivity index (χ2n) is 7.25. The van der Waals surface area contributed by atoms with Gasteiger partial charge in [0.25, 0.3) is 0 Å². The summed E-state index contributed by atoms with van der Waals surface area (Å²) in [5, 5.41) is 11.5. The van der Waals surface area contributed by atoms with Crippen LogP contribution in [-0.2, 0) is 28.1 Å². The van der Waals surface area contributed by atoms with Gasteiger partial charge in [-0.15, -0.1) is 10.2 Å². The molecule has 1 aromatic heterocycles. The Morgan fingerprint density at radius 2 is 2.14 bits per heavy atom. The van der Waals surface area contributed by atoms with Crippen molar-refractivity contribution in [3.63, 3.8) is 0 Å². The van der Waals surface area contributed by atoms with Crippen molar-refractivity contribution in [2.24, 2.45) is 13.0 Å². The average Bonchev–Trinajstić information content (AvgIpc) is 3.36. The minimum absolute atomic E-state index is 0.0764. The number of anilines is 1. The summed E-state index contributed by atoms with van der Waals surface area (Å²) in [6.45, 7) is 1.98. The van der Waals surface area contributed by atoms with Gasteiger partial charge in [0.05, 0.1) is 16.8 Å². The lowest BCUT2D eigenvalue weighted by Crippen LogP contribution is -2.22. The topological polar surface area (TPSA) is 112 Å². The summed E-state index contributed by atoms with van der Waals surface area (Å²) in [5.74, 6) is 2.36. The Labute approximate surface area is 173 Å². The number of nitrogens with zero attached hydrogens (tertiary/aromatic N) is 3. The lowest BCUT2D eigenvalue weighted by molar-refractivity contribution is -0.115. The van der Waals surface area contributed by atoms with E-state index in [1.54, 1.807) is 25.1 Å². The zero-order chi connectivity index (χ0) is 20.6. The average molecular weight is 439 g/mol. The zero-order valence-electron chi connectivity index (χ0n) is 16.1. The Morgan fingerprint density at radius 1 is 1.34 bits per heavy atom. The number of benzene rings is 1. The van der Waals surface area contributed by atoms with E-state index in [0.29, 0.717) is 35.2 Å². The Kier molecular flexibility index (Phi) is 5.43. The number of ether oxygens (including phenoxy) is 2. The lowest BCUT2D eigenvalue weighted by atomic mass is 10.1. The van der Waals surface area contributed by atoms with Crippen molar-refractivity contribution in [3.8, 4) is 11.5 Å². The van der Waals surface area contributed by atoms with Crippen molar-refractivity contribution in [1.29, 1.82) is 0 Å². The van der Waals surface area contributed by atoms with E-state index in [1.807, 2.05) is 11.6 Å². The van der Waals surface area contributed by atoms with E-state index in [0.717, 1.165) is 5.82 Å². The first-order valence-electron chi connectivity index (χ1n) is 9.26. The molecular weight excluding hydrogens is 416 g/mol. The quantitative estimate of drug-likeness (QED) is 0.678. The van der Waals surface area contributed by atoms with Crippen LogP contribution in [0.1, 0.15) is 19.2 Å². The molecule has 0 spiro atoms. The first kappa shape index (κ1) is 20.0. The van der Waals surface area contributed by atoms with Crippen LogP contribution in [0.3, 0.4) is 0 Å². The van der Waals surface area contributed by atoms with Gasteiger partial charge in [0.15, 0.2) is 26.5 Å². The third-order valence-electron chi connectivity index (χ3n) is 5.01. The van der Waals surface area contributed by atoms with E-state index < -0.39 is 15.1 Å². The van der Waals surface area contributed by atoms with Crippen LogP contribution >= 0.6 is 11.8 Å². The number of nitrogens with one attached hydrogen (secondary N) is 1. The largest absolute Gasteiger partial charge is 0.454 e. The third kappa shape index (κ3) is 4.50. The zero-order valence-corrected chi connectivity index (χ0v) is 17.8. The van der Waals surface area contributed by atoms with E-state index in [-0.39, 0.29) is 30.1 Å². The highest BCUT2D eigenvalue weighted by Gasteiger charge is 2.29. The molecule has 1 saturated heterocycles. The molecule has 11 heteroatoms. The van der Waals surface area contributed by atoms with Gasteiger partial charge in [-0.05, 0) is 31.4 Å². The van der Waals surface area contributed by atoms with Gasteiger partial charge in [-0.3, -0.25) is 4.79 Å². The van der Waals surface area contributed by atoms with Gasteiger partial charge in [0, 0.05) is 25.2 Å². The Bertz CT molecular complexity index is 1040. The second-order valence-corrected chi connectivity index (χ2v) is 10.8. The van der Waals surface area contributed by atoms with Gasteiger partial charge in [0.2, 0.25) is 12.7 Å². The molecule has 2 aliphatic rings. The van der Waals surface area contributed by atoms with Crippen LogP contribution in [0.15, 0.2) is 23.4 Å². The number of rotatable bonds is 6. The predicted octanol–water partition coefficient (Wildman–Crippen LogP) is 1.64. The fraction of sp³-hybridized carbons (Fsp3) is 0.500. The summed E-state index contributed by atoms with van der Waals surface area (Å²) < 4.78 is 35.7. The molecular formula is C18H22N4O5S2. The highest BCUT2D eigenvalue weighted by Crippen LogP contribution is 2.34. The molecule has 3 heterocycles. The SMILES string of the molecule is C[C@@H](Sc1nnc(C[C@@H]2CCS(=O)(=O)C2)n1C)C(=O)Nc1ccc2c(c1)OCO2. The molecule has 9 nitrogen and oxygen atoms in total. The molecule has 1 amide bonds. The maximum absolute atomic E-state index is 12.6. The fourth-order valence-electron chi connectivity index (χ4n) is 3.35. The van der Waals surface area contributed by atoms with Gasteiger partial charge in [-0.2, -0.15) is 0 Å². The predicted molar refractivity (Wildman–Crippen MR) is 108 cm³/mol.